The Morgan fingerprint density at radius 1 is 1.21 bits per heavy atom. The lowest BCUT2D eigenvalue weighted by atomic mass is 10.2. The molecule has 19 heavy (non-hydrogen) atoms. The Morgan fingerprint density at radius 2 is 1.84 bits per heavy atom. The molecule has 0 aromatic rings. The van der Waals surface area contributed by atoms with E-state index in [1.54, 1.807) is 14.0 Å². The second-order valence-corrected chi connectivity index (χ2v) is 4.75. The number of rotatable bonds is 8. The summed E-state index contributed by atoms with van der Waals surface area (Å²) < 4.78 is 4.73. The van der Waals surface area contributed by atoms with E-state index in [4.69, 9.17) is 4.74 Å². The van der Waals surface area contributed by atoms with Crippen molar-refractivity contribution in [3.05, 3.63) is 0 Å². The van der Waals surface area contributed by atoms with Gasteiger partial charge in [-0.05, 0) is 12.8 Å². The van der Waals surface area contributed by atoms with E-state index >= 15 is 0 Å². The Balaban J connectivity index is 3.93. The number of carbonyl (C=O) groups is 3. The number of hydrogen-bond acceptors (Lipinski definition) is 4. The topological polar surface area (TPSA) is 75.7 Å². The maximum absolute atomic E-state index is 11.7. The molecule has 0 heterocycles. The third-order valence-electron chi connectivity index (χ3n) is 2.36. The maximum Gasteiger partial charge on any atom is 0.306 e. The Morgan fingerprint density at radius 3 is 2.37 bits per heavy atom. The fourth-order valence-electron chi connectivity index (χ4n) is 1.31. The van der Waals surface area contributed by atoms with Gasteiger partial charge in [-0.3, -0.25) is 14.4 Å². The summed E-state index contributed by atoms with van der Waals surface area (Å²) >= 11 is 0. The highest BCUT2D eigenvalue weighted by Gasteiger charge is 2.14. The van der Waals surface area contributed by atoms with Gasteiger partial charge in [0.25, 0.3) is 0 Å². The van der Waals surface area contributed by atoms with Crippen molar-refractivity contribution >= 4 is 17.8 Å². The number of esters is 1. The Kier molecular flexibility index (Phi) is 8.57. The van der Waals surface area contributed by atoms with E-state index in [0.29, 0.717) is 19.1 Å². The number of carbonyl (C=O) groups excluding carboxylic acids is 3. The molecule has 0 spiro atoms. The lowest BCUT2D eigenvalue weighted by Gasteiger charge is -2.17. The summed E-state index contributed by atoms with van der Waals surface area (Å²) in [6.07, 6.45) is 0.109. The summed E-state index contributed by atoms with van der Waals surface area (Å²) in [4.78, 5) is 35.6. The molecule has 0 aliphatic rings. The van der Waals surface area contributed by atoms with Crippen LogP contribution in [0.25, 0.3) is 0 Å². The monoisotopic (exact) mass is 272 g/mol. The van der Waals surface area contributed by atoms with E-state index in [2.05, 4.69) is 5.32 Å². The van der Waals surface area contributed by atoms with Crippen LogP contribution in [0, 0.1) is 5.92 Å². The van der Waals surface area contributed by atoms with Crippen molar-refractivity contribution in [1.29, 1.82) is 0 Å². The molecular formula is C13H24N2O4. The van der Waals surface area contributed by atoms with Gasteiger partial charge < -0.3 is 15.0 Å². The Labute approximate surface area is 114 Å². The van der Waals surface area contributed by atoms with Crippen molar-refractivity contribution in [2.75, 3.05) is 26.7 Å². The summed E-state index contributed by atoms with van der Waals surface area (Å²) in [6.45, 7) is 6.60. The van der Waals surface area contributed by atoms with Gasteiger partial charge in [0.15, 0.2) is 0 Å². The number of likely N-dealkylation sites (N-methyl/N-ethyl adjacent to an activating group) is 1. The van der Waals surface area contributed by atoms with Crippen LogP contribution in [0.4, 0.5) is 0 Å². The van der Waals surface area contributed by atoms with Gasteiger partial charge in [0.2, 0.25) is 11.8 Å². The fourth-order valence-corrected chi connectivity index (χ4v) is 1.31. The van der Waals surface area contributed by atoms with Crippen molar-refractivity contribution in [1.82, 2.24) is 10.2 Å². The predicted octanol–water partition coefficient (Wildman–Crippen LogP) is 0.560. The minimum absolute atomic E-state index is 0.00831. The van der Waals surface area contributed by atoms with Crippen LogP contribution in [-0.4, -0.2) is 49.4 Å². The molecule has 110 valence electrons. The third kappa shape index (κ3) is 9.04. The van der Waals surface area contributed by atoms with Gasteiger partial charge in [0, 0.05) is 20.0 Å². The molecule has 2 amide bonds. The molecule has 6 nitrogen and oxygen atoms in total. The van der Waals surface area contributed by atoms with Gasteiger partial charge in [-0.2, -0.15) is 0 Å². The zero-order chi connectivity index (χ0) is 14.8. The van der Waals surface area contributed by atoms with Crippen LogP contribution in [0.1, 0.15) is 33.6 Å². The lowest BCUT2D eigenvalue weighted by molar-refractivity contribution is -0.145. The molecular weight excluding hydrogens is 248 g/mol. The zero-order valence-electron chi connectivity index (χ0n) is 12.2. The first-order chi connectivity index (χ1) is 8.86. The second kappa shape index (κ2) is 9.35. The van der Waals surface area contributed by atoms with Crippen molar-refractivity contribution in [2.24, 2.45) is 5.92 Å². The second-order valence-electron chi connectivity index (χ2n) is 4.75. The van der Waals surface area contributed by atoms with Crippen LogP contribution in [0.3, 0.4) is 0 Å². The molecule has 0 rings (SSSR count). The highest BCUT2D eigenvalue weighted by molar-refractivity contribution is 5.86. The van der Waals surface area contributed by atoms with Crippen LogP contribution < -0.4 is 5.32 Å². The summed E-state index contributed by atoms with van der Waals surface area (Å²) in [5.74, 6) is -0.462. The smallest absolute Gasteiger partial charge is 0.306 e. The van der Waals surface area contributed by atoms with E-state index in [1.165, 1.54) is 4.90 Å². The van der Waals surface area contributed by atoms with Crippen molar-refractivity contribution in [2.45, 2.75) is 33.6 Å². The SMILES string of the molecule is CCOC(=O)CCC(=O)N(C)CC(=O)NCC(C)C. The van der Waals surface area contributed by atoms with Crippen molar-refractivity contribution in [3.8, 4) is 0 Å². The molecule has 0 atom stereocenters. The molecule has 0 bridgehead atoms. The Hall–Kier alpha value is -1.59. The highest BCUT2D eigenvalue weighted by atomic mass is 16.5. The third-order valence-corrected chi connectivity index (χ3v) is 2.36. The van der Waals surface area contributed by atoms with Gasteiger partial charge >= 0.3 is 5.97 Å². The molecule has 1 N–H and O–H groups in total. The molecule has 0 aromatic carbocycles. The van der Waals surface area contributed by atoms with Crippen molar-refractivity contribution < 1.29 is 19.1 Å². The largest absolute Gasteiger partial charge is 0.466 e. The number of ether oxygens (including phenoxy) is 1. The number of nitrogens with one attached hydrogen (secondary N) is 1. The molecule has 0 saturated carbocycles. The van der Waals surface area contributed by atoms with Crippen molar-refractivity contribution in [3.63, 3.8) is 0 Å². The molecule has 6 heteroatoms. The molecule has 0 aromatic heterocycles. The van der Waals surface area contributed by atoms with E-state index in [1.807, 2.05) is 13.8 Å². The van der Waals surface area contributed by atoms with Gasteiger partial charge in [0.05, 0.1) is 19.6 Å². The molecule has 0 aliphatic carbocycles. The van der Waals surface area contributed by atoms with E-state index < -0.39 is 5.97 Å². The zero-order valence-corrected chi connectivity index (χ0v) is 12.2. The average molecular weight is 272 g/mol. The summed E-state index contributed by atoms with van der Waals surface area (Å²) in [6, 6.07) is 0. The van der Waals surface area contributed by atoms with Crippen LogP contribution >= 0.6 is 0 Å². The minimum atomic E-state index is -0.395. The molecule has 0 fully saturated rings. The average Bonchev–Trinajstić information content (AvgIpc) is 2.33. The molecule has 0 saturated heterocycles. The normalized spacial score (nSPS) is 10.2. The predicted molar refractivity (Wildman–Crippen MR) is 71.4 cm³/mol. The lowest BCUT2D eigenvalue weighted by Crippen LogP contribution is -2.39. The minimum Gasteiger partial charge on any atom is -0.466 e. The summed E-state index contributed by atoms with van der Waals surface area (Å²) in [5, 5.41) is 2.73. The highest BCUT2D eigenvalue weighted by Crippen LogP contribution is 1.98. The number of nitrogens with zero attached hydrogens (tertiary/aromatic N) is 1. The Bertz CT molecular complexity index is 316. The first kappa shape index (κ1) is 17.4. The number of amides is 2. The molecule has 0 aliphatic heterocycles. The standard InChI is InChI=1S/C13H24N2O4/c1-5-19-13(18)7-6-12(17)15(4)9-11(16)14-8-10(2)3/h10H,5-9H2,1-4H3,(H,14,16). The van der Waals surface area contributed by atoms with Crippen LogP contribution in [0.15, 0.2) is 0 Å². The van der Waals surface area contributed by atoms with E-state index in [0.717, 1.165) is 0 Å². The van der Waals surface area contributed by atoms with Gasteiger partial charge in [-0.1, -0.05) is 13.8 Å². The van der Waals surface area contributed by atoms with Gasteiger partial charge in [0.1, 0.15) is 0 Å². The first-order valence-corrected chi connectivity index (χ1v) is 6.53. The first-order valence-electron chi connectivity index (χ1n) is 6.53. The quantitative estimate of drug-likeness (QED) is 0.655. The van der Waals surface area contributed by atoms with Crippen LogP contribution in [0.2, 0.25) is 0 Å². The number of hydrogen-bond donors (Lipinski definition) is 1. The van der Waals surface area contributed by atoms with E-state index in [9.17, 15) is 14.4 Å². The summed E-state index contributed by atoms with van der Waals surface area (Å²) in [7, 11) is 1.54. The van der Waals surface area contributed by atoms with Gasteiger partial charge in [-0.25, -0.2) is 0 Å². The van der Waals surface area contributed by atoms with Crippen LogP contribution in [-0.2, 0) is 19.1 Å². The summed E-state index contributed by atoms with van der Waals surface area (Å²) in [5.41, 5.74) is 0. The van der Waals surface area contributed by atoms with Crippen LogP contribution in [0.5, 0.6) is 0 Å². The maximum atomic E-state index is 11.7. The molecule has 0 unspecified atom stereocenters. The van der Waals surface area contributed by atoms with Gasteiger partial charge in [-0.15, -0.1) is 0 Å². The molecule has 0 radical (unpaired) electrons. The van der Waals surface area contributed by atoms with E-state index in [-0.39, 0.29) is 31.2 Å². The fraction of sp³-hybridized carbons (Fsp3) is 0.769.